The van der Waals surface area contributed by atoms with Crippen molar-refractivity contribution < 1.29 is 13.2 Å². The average molecular weight is 251 g/mol. The topological polar surface area (TPSA) is 101 Å². The van der Waals surface area contributed by atoms with Gasteiger partial charge in [0.1, 0.15) is 0 Å². The molecule has 0 aromatic rings. The van der Waals surface area contributed by atoms with Gasteiger partial charge in [0.2, 0.25) is 15.9 Å². The smallest absolute Gasteiger partial charge is 0.221 e. The Morgan fingerprint density at radius 1 is 1.38 bits per heavy atom. The molecule has 0 saturated heterocycles. The minimum absolute atomic E-state index is 0.0892. The standard InChI is InChI=1S/C9H21N3O3S/c1-3-8(10)7-9(13)11-5-4-6-12-16(2,14)15/h8,12H,3-7,10H2,1-2H3,(H,11,13). The zero-order valence-corrected chi connectivity index (χ0v) is 10.6. The third-order valence-electron chi connectivity index (χ3n) is 2.01. The molecule has 7 heteroatoms. The van der Waals surface area contributed by atoms with Gasteiger partial charge in [0, 0.05) is 25.6 Å². The summed E-state index contributed by atoms with van der Waals surface area (Å²) >= 11 is 0. The molecular weight excluding hydrogens is 230 g/mol. The number of nitrogens with two attached hydrogens (primary N) is 1. The zero-order valence-electron chi connectivity index (χ0n) is 9.82. The lowest BCUT2D eigenvalue weighted by Crippen LogP contribution is -2.33. The highest BCUT2D eigenvalue weighted by molar-refractivity contribution is 7.88. The van der Waals surface area contributed by atoms with Gasteiger partial charge in [0.05, 0.1) is 6.26 Å². The van der Waals surface area contributed by atoms with Gasteiger partial charge in [-0.25, -0.2) is 13.1 Å². The molecule has 0 aliphatic carbocycles. The van der Waals surface area contributed by atoms with E-state index in [2.05, 4.69) is 10.0 Å². The highest BCUT2D eigenvalue weighted by atomic mass is 32.2. The molecule has 6 nitrogen and oxygen atoms in total. The van der Waals surface area contributed by atoms with Crippen LogP contribution < -0.4 is 15.8 Å². The van der Waals surface area contributed by atoms with Crippen molar-refractivity contribution in [3.8, 4) is 0 Å². The lowest BCUT2D eigenvalue weighted by Gasteiger charge is -2.09. The van der Waals surface area contributed by atoms with Crippen LogP contribution in [-0.2, 0) is 14.8 Å². The van der Waals surface area contributed by atoms with E-state index in [1.807, 2.05) is 6.92 Å². The summed E-state index contributed by atoms with van der Waals surface area (Å²) < 4.78 is 23.7. The number of amides is 1. The summed E-state index contributed by atoms with van der Waals surface area (Å²) in [6.45, 7) is 2.71. The molecule has 0 rings (SSSR count). The highest BCUT2D eigenvalue weighted by Crippen LogP contribution is 1.92. The van der Waals surface area contributed by atoms with Crippen LogP contribution in [0, 0.1) is 0 Å². The van der Waals surface area contributed by atoms with Gasteiger partial charge in [-0.05, 0) is 12.8 Å². The lowest BCUT2D eigenvalue weighted by atomic mass is 10.1. The molecule has 0 radical (unpaired) electrons. The van der Waals surface area contributed by atoms with Crippen LogP contribution in [0.5, 0.6) is 0 Å². The summed E-state index contributed by atoms with van der Waals surface area (Å²) in [4.78, 5) is 11.2. The van der Waals surface area contributed by atoms with Crippen molar-refractivity contribution in [3.63, 3.8) is 0 Å². The number of hydrogen-bond donors (Lipinski definition) is 3. The number of nitrogens with one attached hydrogen (secondary N) is 2. The number of rotatable bonds is 8. The Morgan fingerprint density at radius 2 is 2.00 bits per heavy atom. The first-order valence-corrected chi connectivity index (χ1v) is 7.21. The summed E-state index contributed by atoms with van der Waals surface area (Å²) in [6, 6.07) is -0.103. The quantitative estimate of drug-likeness (QED) is 0.490. The van der Waals surface area contributed by atoms with Gasteiger partial charge in [-0.2, -0.15) is 0 Å². The molecule has 96 valence electrons. The first-order chi connectivity index (χ1) is 7.35. The Morgan fingerprint density at radius 3 is 2.50 bits per heavy atom. The predicted octanol–water partition coefficient (Wildman–Crippen LogP) is -0.831. The van der Waals surface area contributed by atoms with Gasteiger partial charge < -0.3 is 11.1 Å². The molecule has 0 aromatic heterocycles. The van der Waals surface area contributed by atoms with Crippen molar-refractivity contribution in [1.82, 2.24) is 10.0 Å². The van der Waals surface area contributed by atoms with Gasteiger partial charge in [-0.3, -0.25) is 4.79 Å². The minimum atomic E-state index is -3.13. The fraction of sp³-hybridized carbons (Fsp3) is 0.889. The van der Waals surface area contributed by atoms with Crippen molar-refractivity contribution in [2.24, 2.45) is 5.73 Å². The molecule has 1 atom stereocenters. The average Bonchev–Trinajstić information content (AvgIpc) is 2.15. The predicted molar refractivity (Wildman–Crippen MR) is 63.4 cm³/mol. The van der Waals surface area contributed by atoms with Crippen molar-refractivity contribution >= 4 is 15.9 Å². The van der Waals surface area contributed by atoms with Crippen LogP contribution >= 0.6 is 0 Å². The molecule has 0 heterocycles. The second-order valence-corrected chi connectivity index (χ2v) is 5.58. The summed E-state index contributed by atoms with van der Waals surface area (Å²) in [7, 11) is -3.13. The van der Waals surface area contributed by atoms with E-state index < -0.39 is 10.0 Å². The molecule has 0 bridgehead atoms. The summed E-state index contributed by atoms with van der Waals surface area (Å²) in [5.41, 5.74) is 5.61. The van der Waals surface area contributed by atoms with Crippen molar-refractivity contribution in [2.45, 2.75) is 32.2 Å². The van der Waals surface area contributed by atoms with E-state index in [9.17, 15) is 13.2 Å². The van der Waals surface area contributed by atoms with Crippen LogP contribution in [-0.4, -0.2) is 39.7 Å². The lowest BCUT2D eigenvalue weighted by molar-refractivity contribution is -0.121. The van der Waals surface area contributed by atoms with Crippen molar-refractivity contribution in [3.05, 3.63) is 0 Å². The van der Waals surface area contributed by atoms with Crippen molar-refractivity contribution in [1.29, 1.82) is 0 Å². The van der Waals surface area contributed by atoms with Crippen LogP contribution in [0.4, 0.5) is 0 Å². The van der Waals surface area contributed by atoms with Gasteiger partial charge in [0.15, 0.2) is 0 Å². The minimum Gasteiger partial charge on any atom is -0.356 e. The van der Waals surface area contributed by atoms with Gasteiger partial charge in [0.25, 0.3) is 0 Å². The third-order valence-corrected chi connectivity index (χ3v) is 2.74. The molecule has 0 spiro atoms. The van der Waals surface area contributed by atoms with E-state index in [1.54, 1.807) is 0 Å². The van der Waals surface area contributed by atoms with Crippen molar-refractivity contribution in [2.75, 3.05) is 19.3 Å². The van der Waals surface area contributed by atoms with Crippen LogP contribution in [0.25, 0.3) is 0 Å². The van der Waals surface area contributed by atoms with Gasteiger partial charge in [-0.1, -0.05) is 6.92 Å². The molecular formula is C9H21N3O3S. The molecule has 16 heavy (non-hydrogen) atoms. The maximum Gasteiger partial charge on any atom is 0.221 e. The number of carbonyl (C=O) groups excluding carboxylic acids is 1. The van der Waals surface area contributed by atoms with E-state index in [-0.39, 0.29) is 11.9 Å². The monoisotopic (exact) mass is 251 g/mol. The Hall–Kier alpha value is -0.660. The first kappa shape index (κ1) is 15.3. The molecule has 4 N–H and O–H groups in total. The normalized spacial score (nSPS) is 13.4. The molecule has 0 saturated carbocycles. The van der Waals surface area contributed by atoms with E-state index in [0.717, 1.165) is 12.7 Å². The second-order valence-electron chi connectivity index (χ2n) is 3.74. The molecule has 0 fully saturated rings. The van der Waals surface area contributed by atoms with Crippen LogP contribution in [0.2, 0.25) is 0 Å². The Labute approximate surface area is 97.0 Å². The fourth-order valence-electron chi connectivity index (χ4n) is 1.03. The second kappa shape index (κ2) is 7.59. The Kier molecular flexibility index (Phi) is 7.27. The number of hydrogen-bond acceptors (Lipinski definition) is 4. The summed E-state index contributed by atoms with van der Waals surface area (Å²) in [5, 5.41) is 2.68. The SMILES string of the molecule is CCC(N)CC(=O)NCCCNS(C)(=O)=O. The largest absolute Gasteiger partial charge is 0.356 e. The van der Waals surface area contributed by atoms with E-state index in [0.29, 0.717) is 25.9 Å². The maximum absolute atomic E-state index is 11.2. The van der Waals surface area contributed by atoms with E-state index in [1.165, 1.54) is 0 Å². The number of sulfonamides is 1. The van der Waals surface area contributed by atoms with Crippen LogP contribution in [0.15, 0.2) is 0 Å². The van der Waals surface area contributed by atoms with Crippen LogP contribution in [0.1, 0.15) is 26.2 Å². The Bertz CT molecular complexity index is 303. The Balaban J connectivity index is 3.49. The number of carbonyl (C=O) groups is 1. The van der Waals surface area contributed by atoms with E-state index >= 15 is 0 Å². The molecule has 0 aliphatic heterocycles. The molecule has 1 unspecified atom stereocenters. The van der Waals surface area contributed by atoms with E-state index in [4.69, 9.17) is 5.73 Å². The molecule has 0 aromatic carbocycles. The third kappa shape index (κ3) is 9.88. The fourth-order valence-corrected chi connectivity index (χ4v) is 1.54. The summed E-state index contributed by atoms with van der Waals surface area (Å²) in [6.07, 6.45) is 2.76. The van der Waals surface area contributed by atoms with Crippen LogP contribution in [0.3, 0.4) is 0 Å². The summed E-state index contributed by atoms with van der Waals surface area (Å²) in [5.74, 6) is -0.0892. The van der Waals surface area contributed by atoms with Gasteiger partial charge in [-0.15, -0.1) is 0 Å². The maximum atomic E-state index is 11.2. The van der Waals surface area contributed by atoms with Gasteiger partial charge >= 0.3 is 0 Å². The molecule has 0 aliphatic rings. The highest BCUT2D eigenvalue weighted by Gasteiger charge is 2.06. The molecule has 1 amide bonds. The first-order valence-electron chi connectivity index (χ1n) is 5.32. The zero-order chi connectivity index (χ0) is 12.6.